The van der Waals surface area contributed by atoms with E-state index < -0.39 is 15.2 Å². The second kappa shape index (κ2) is 7.45. The third-order valence-electron chi connectivity index (χ3n) is 3.11. The first-order valence-corrected chi connectivity index (χ1v) is 10.0. The largest absolute Gasteiger partial charge is 0.484 e. The van der Waals surface area contributed by atoms with Gasteiger partial charge in [-0.2, -0.15) is 0 Å². The van der Waals surface area contributed by atoms with Gasteiger partial charge in [0.1, 0.15) is 0 Å². The number of rotatable bonds is 4. The lowest BCUT2D eigenvalue weighted by Gasteiger charge is -2.23. The van der Waals surface area contributed by atoms with E-state index in [2.05, 4.69) is 0 Å². The molecule has 1 rings (SSSR count). The zero-order chi connectivity index (χ0) is 15.4. The van der Waals surface area contributed by atoms with E-state index in [9.17, 15) is 9.13 Å². The van der Waals surface area contributed by atoms with Gasteiger partial charge in [0.05, 0.1) is 0 Å². The fourth-order valence-electron chi connectivity index (χ4n) is 2.07. The highest BCUT2D eigenvalue weighted by molar-refractivity contribution is 7.51. The van der Waals surface area contributed by atoms with Crippen LogP contribution in [0.5, 0.6) is 0 Å². The van der Waals surface area contributed by atoms with Crippen molar-refractivity contribution in [2.45, 2.75) is 0 Å². The number of likely N-dealkylation sites (N-methyl/N-ethyl adjacent to an activating group) is 1. The van der Waals surface area contributed by atoms with Crippen LogP contribution in [0.2, 0.25) is 0 Å². The molecule has 0 amide bonds. The molecule has 2 atom stereocenters. The Morgan fingerprint density at radius 2 is 1.15 bits per heavy atom. The molecular weight excluding hydrogens is 308 g/mol. The van der Waals surface area contributed by atoms with Crippen LogP contribution in [0.1, 0.15) is 0 Å². The molecule has 2 unspecified atom stereocenters. The predicted molar refractivity (Wildman–Crippen MR) is 77.3 cm³/mol. The molecule has 6 N–H and O–H groups in total. The second-order valence-corrected chi connectivity index (χ2v) is 8.60. The van der Waals surface area contributed by atoms with Crippen molar-refractivity contribution in [3.63, 3.8) is 0 Å². The molecule has 0 radical (unpaired) electrons. The summed E-state index contributed by atoms with van der Waals surface area (Å²) in [4.78, 5) is 38.0. The third-order valence-corrected chi connectivity index (χ3v) is 4.68. The predicted octanol–water partition coefficient (Wildman–Crippen LogP) is -1.73. The minimum Gasteiger partial charge on any atom is -0.390 e. The normalized spacial score (nSPS) is 27.1. The van der Waals surface area contributed by atoms with Crippen LogP contribution in [-0.2, 0) is 9.13 Å². The van der Waals surface area contributed by atoms with Crippen molar-refractivity contribution in [3.05, 3.63) is 0 Å². The van der Waals surface area contributed by atoms with Gasteiger partial charge in [0.15, 0.2) is 12.6 Å². The van der Waals surface area contributed by atoms with Gasteiger partial charge in [0.25, 0.3) is 0 Å². The van der Waals surface area contributed by atoms with Gasteiger partial charge < -0.3 is 14.7 Å². The number of hydrogen-bond donors (Lipinski definition) is 2. The minimum absolute atomic E-state index is 0.202. The summed E-state index contributed by atoms with van der Waals surface area (Å²) in [5.41, 5.74) is 0. The second-order valence-electron chi connectivity index (χ2n) is 5.23. The molecule has 0 aromatic carbocycles. The Balaban J connectivity index is 2.66. The van der Waals surface area contributed by atoms with Crippen LogP contribution in [0.4, 0.5) is 0 Å². The van der Waals surface area contributed by atoms with E-state index in [4.69, 9.17) is 19.6 Å². The van der Waals surface area contributed by atoms with Crippen molar-refractivity contribution in [1.82, 2.24) is 14.7 Å². The lowest BCUT2D eigenvalue weighted by molar-refractivity contribution is 0.231. The van der Waals surface area contributed by atoms with E-state index in [1.165, 1.54) is 0 Å². The third kappa shape index (κ3) is 8.46. The molecule has 0 aromatic rings. The van der Waals surface area contributed by atoms with Crippen LogP contribution in [0.15, 0.2) is 0 Å². The highest BCUT2D eigenvalue weighted by atomic mass is 31.2. The van der Waals surface area contributed by atoms with E-state index in [0.29, 0.717) is 39.3 Å². The zero-order valence-corrected chi connectivity index (χ0v) is 13.4. The fourth-order valence-corrected chi connectivity index (χ4v) is 3.72. The number of hydrogen-bond acceptors (Lipinski definition) is 5. The van der Waals surface area contributed by atoms with E-state index in [0.717, 1.165) is 0 Å². The Morgan fingerprint density at radius 1 is 0.850 bits per heavy atom. The molecule has 0 aromatic heterocycles. The average molecular weight is 333 g/mol. The van der Waals surface area contributed by atoms with Crippen LogP contribution in [0.25, 0.3) is 0 Å². The maximum absolute atomic E-state index is 11.2. The zero-order valence-electron chi connectivity index (χ0n) is 11.6. The fraction of sp³-hybridized carbons (Fsp3) is 1.00. The molecule has 20 heavy (non-hydrogen) atoms. The van der Waals surface area contributed by atoms with Crippen molar-refractivity contribution >= 4 is 15.2 Å². The van der Waals surface area contributed by atoms with Crippen LogP contribution >= 0.6 is 15.2 Å². The van der Waals surface area contributed by atoms with Gasteiger partial charge in [-0.05, 0) is 7.05 Å². The van der Waals surface area contributed by atoms with Crippen LogP contribution in [0, 0.1) is 0 Å². The number of nitrogens with zero attached hydrogens (tertiary/aromatic N) is 3. The summed E-state index contributed by atoms with van der Waals surface area (Å²) >= 11 is 0. The highest BCUT2D eigenvalue weighted by Crippen LogP contribution is 2.36. The van der Waals surface area contributed by atoms with Crippen LogP contribution < -0.4 is 0 Å². The van der Waals surface area contributed by atoms with Crippen molar-refractivity contribution in [2.75, 3.05) is 58.9 Å². The first-order valence-electron chi connectivity index (χ1n) is 6.32. The molecular formula is C9H25N3O6P2+2. The maximum atomic E-state index is 11.2. The van der Waals surface area contributed by atoms with Crippen LogP contribution in [-0.4, -0.2) is 93.2 Å². The van der Waals surface area contributed by atoms with Gasteiger partial charge in [0.2, 0.25) is 0 Å². The highest BCUT2D eigenvalue weighted by Gasteiger charge is 2.29. The van der Waals surface area contributed by atoms with Gasteiger partial charge in [-0.25, -0.2) is 9.13 Å². The molecule has 9 nitrogen and oxygen atoms in total. The van der Waals surface area contributed by atoms with Gasteiger partial charge in [-0.1, -0.05) is 0 Å². The SMILES string of the molecule is CN1CCN(CP(=O)(O)[OH2+])CCN(CP(=O)(O)[OH2+])CC1. The average Bonchev–Trinajstić information content (AvgIpc) is 2.31. The van der Waals surface area contributed by atoms with E-state index >= 15 is 0 Å². The lowest BCUT2D eigenvalue weighted by Crippen LogP contribution is -2.36. The van der Waals surface area contributed by atoms with Crippen LogP contribution in [0.3, 0.4) is 0 Å². The molecule has 1 aliphatic heterocycles. The molecule has 1 aliphatic rings. The van der Waals surface area contributed by atoms with Gasteiger partial charge >= 0.3 is 15.2 Å². The quantitative estimate of drug-likeness (QED) is 0.462. The minimum atomic E-state index is -3.86. The maximum Gasteiger partial charge on any atom is 0.484 e. The topological polar surface area (TPSA) is 130 Å². The Hall–Kier alpha value is 0.180. The first-order chi connectivity index (χ1) is 9.05. The Labute approximate surface area is 118 Å². The Kier molecular flexibility index (Phi) is 6.79. The van der Waals surface area contributed by atoms with Gasteiger partial charge in [0, 0.05) is 39.3 Å². The summed E-state index contributed by atoms with van der Waals surface area (Å²) in [7, 11) is -5.83. The summed E-state index contributed by atoms with van der Waals surface area (Å²) in [5.74, 6) is 0. The Bertz CT molecular complexity index is 361. The molecule has 120 valence electrons. The van der Waals surface area contributed by atoms with Crippen molar-refractivity contribution in [1.29, 1.82) is 0 Å². The lowest BCUT2D eigenvalue weighted by atomic mass is 10.5. The van der Waals surface area contributed by atoms with Gasteiger partial charge in [-0.3, -0.25) is 19.6 Å². The van der Waals surface area contributed by atoms with Crippen molar-refractivity contribution in [2.24, 2.45) is 0 Å². The molecule has 1 saturated heterocycles. The first kappa shape index (κ1) is 18.2. The van der Waals surface area contributed by atoms with Crippen molar-refractivity contribution < 1.29 is 28.7 Å². The monoisotopic (exact) mass is 333 g/mol. The summed E-state index contributed by atoms with van der Waals surface area (Å²) in [6.07, 6.45) is -0.404. The summed E-state index contributed by atoms with van der Waals surface area (Å²) < 4.78 is 22.4. The molecule has 0 bridgehead atoms. The summed E-state index contributed by atoms with van der Waals surface area (Å²) in [5, 5.41) is 0. The summed E-state index contributed by atoms with van der Waals surface area (Å²) in [6.45, 7) is 3.43. The molecule has 1 heterocycles. The van der Waals surface area contributed by atoms with E-state index in [1.807, 2.05) is 11.9 Å². The molecule has 0 spiro atoms. The molecule has 11 heteroatoms. The smallest absolute Gasteiger partial charge is 0.390 e. The van der Waals surface area contributed by atoms with E-state index in [1.54, 1.807) is 9.80 Å². The summed E-state index contributed by atoms with van der Waals surface area (Å²) in [6, 6.07) is 0. The molecule has 1 fully saturated rings. The van der Waals surface area contributed by atoms with Gasteiger partial charge in [-0.15, -0.1) is 0 Å². The molecule has 0 aliphatic carbocycles. The Morgan fingerprint density at radius 3 is 1.45 bits per heavy atom. The van der Waals surface area contributed by atoms with Crippen molar-refractivity contribution in [3.8, 4) is 0 Å². The standard InChI is InChI=1S/C9H23N3O6P2/c1-10-2-4-11(8-19(13,14)15)6-7-12(5-3-10)9-20(16,17)18/h2-9H2,1H3,(H2,13,14,15)(H2,16,17,18)/p+2. The molecule has 0 saturated carbocycles. The van der Waals surface area contributed by atoms with E-state index in [-0.39, 0.29) is 12.6 Å².